The molecule has 0 saturated heterocycles. The number of hydrogen-bond donors (Lipinski definition) is 0. The molecule has 14 heavy (non-hydrogen) atoms. The van der Waals surface area contributed by atoms with Crippen molar-refractivity contribution in [3.63, 3.8) is 0 Å². The van der Waals surface area contributed by atoms with Gasteiger partial charge in [-0.25, -0.2) is 4.39 Å². The summed E-state index contributed by atoms with van der Waals surface area (Å²) in [6.07, 6.45) is 0. The molecule has 70 valence electrons. The summed E-state index contributed by atoms with van der Waals surface area (Å²) in [7, 11) is 0. The molecule has 0 atom stereocenters. The highest BCUT2D eigenvalue weighted by Crippen LogP contribution is 1.94. The Bertz CT molecular complexity index is 412. The summed E-state index contributed by atoms with van der Waals surface area (Å²) < 4.78 is 15.4. The topological polar surface area (TPSA) is 0 Å². The summed E-state index contributed by atoms with van der Waals surface area (Å²) >= 11 is -0.368. The first-order valence-electron chi connectivity index (χ1n) is 4.30. The molecule has 2 aromatic carbocycles. The molecule has 0 spiro atoms. The average molecular weight is 299 g/mol. The fourth-order valence-corrected chi connectivity index (χ4v) is 3.38. The fraction of sp³-hybridized carbons (Fsp3) is 0. The van der Waals surface area contributed by atoms with Crippen LogP contribution in [0.15, 0.2) is 54.6 Å². The van der Waals surface area contributed by atoms with E-state index in [4.69, 9.17) is 0 Å². The van der Waals surface area contributed by atoms with Gasteiger partial charge in [0.1, 0.15) is 0 Å². The van der Waals surface area contributed by atoms with Gasteiger partial charge in [-0.2, -0.15) is 0 Å². The highest BCUT2D eigenvalue weighted by Gasteiger charge is 2.18. The molecule has 0 aliphatic carbocycles. The number of rotatable bonds is 2. The van der Waals surface area contributed by atoms with Gasteiger partial charge in [-0.3, -0.25) is 0 Å². The van der Waals surface area contributed by atoms with E-state index in [1.54, 1.807) is 6.07 Å². The molecule has 0 aliphatic rings. The minimum atomic E-state index is -0.368. The Balaban J connectivity index is 2.24. The summed E-state index contributed by atoms with van der Waals surface area (Å²) in [6.45, 7) is 0. The number of halogens is 2. The van der Waals surface area contributed by atoms with Gasteiger partial charge < -0.3 is 0 Å². The van der Waals surface area contributed by atoms with Gasteiger partial charge in [0.15, 0.2) is 9.39 Å². The van der Waals surface area contributed by atoms with Crippen LogP contribution in [0, 0.1) is 13.0 Å². The maximum Gasteiger partial charge on any atom is 0.361 e. The summed E-state index contributed by atoms with van der Waals surface area (Å²) in [4.78, 5) is 0. The van der Waals surface area contributed by atoms with Crippen LogP contribution in [0.5, 0.6) is 0 Å². The zero-order valence-electron chi connectivity index (χ0n) is 7.45. The molecule has 2 rings (SSSR count). The van der Waals surface area contributed by atoms with E-state index in [1.807, 2.05) is 30.3 Å². The monoisotopic (exact) mass is 299 g/mol. The molecular weight excluding hydrogens is 290 g/mol. The third kappa shape index (κ3) is 2.32. The molecule has 0 unspecified atom stereocenters. The minimum absolute atomic E-state index is 0.0795. The molecule has 2 aromatic rings. The van der Waals surface area contributed by atoms with Gasteiger partial charge in [-0.05, 0) is 24.3 Å². The lowest BCUT2D eigenvalue weighted by atomic mass is 10.4. The molecular formula is C12H9FI+. The van der Waals surface area contributed by atoms with Crippen molar-refractivity contribution in [3.8, 4) is 0 Å². The van der Waals surface area contributed by atoms with Crippen LogP contribution in [0.3, 0.4) is 0 Å². The van der Waals surface area contributed by atoms with Crippen molar-refractivity contribution in [2.24, 2.45) is 0 Å². The molecule has 0 amide bonds. The molecule has 0 N–H and O–H groups in total. The van der Waals surface area contributed by atoms with Gasteiger partial charge in [-0.15, -0.1) is 0 Å². The van der Waals surface area contributed by atoms with Crippen molar-refractivity contribution in [2.45, 2.75) is 0 Å². The highest BCUT2D eigenvalue weighted by molar-refractivity contribution is 5.04. The second kappa shape index (κ2) is 4.55. The van der Waals surface area contributed by atoms with Crippen molar-refractivity contribution in [2.75, 3.05) is 0 Å². The first-order valence-corrected chi connectivity index (χ1v) is 6.46. The van der Waals surface area contributed by atoms with Gasteiger partial charge in [0.2, 0.25) is 3.57 Å². The zero-order valence-corrected chi connectivity index (χ0v) is 9.61. The summed E-state index contributed by atoms with van der Waals surface area (Å²) in [5, 5.41) is 0. The number of hydrogen-bond acceptors (Lipinski definition) is 0. The Morgan fingerprint density at radius 1 is 0.786 bits per heavy atom. The van der Waals surface area contributed by atoms with Crippen LogP contribution in [-0.2, 0) is 0 Å². The molecule has 0 saturated carbocycles. The maximum absolute atomic E-state index is 13.3. The van der Waals surface area contributed by atoms with Crippen molar-refractivity contribution in [1.29, 1.82) is 0 Å². The SMILES string of the molecule is Fc1ccccc1[I+]c1ccccc1. The molecule has 0 heterocycles. The van der Waals surface area contributed by atoms with Crippen LogP contribution in [0.1, 0.15) is 0 Å². The molecule has 0 aromatic heterocycles. The molecule has 0 nitrogen and oxygen atoms in total. The summed E-state index contributed by atoms with van der Waals surface area (Å²) in [6, 6.07) is 17.1. The second-order valence-electron chi connectivity index (χ2n) is 2.80. The molecule has 0 radical (unpaired) electrons. The van der Waals surface area contributed by atoms with Crippen LogP contribution >= 0.6 is 0 Å². The molecule has 0 bridgehead atoms. The van der Waals surface area contributed by atoms with Crippen LogP contribution < -0.4 is 21.2 Å². The molecule has 0 fully saturated rings. The molecule has 0 aliphatic heterocycles. The Morgan fingerprint density at radius 2 is 1.43 bits per heavy atom. The minimum Gasteiger partial charge on any atom is -0.202 e. The van der Waals surface area contributed by atoms with Gasteiger partial charge in [0.05, 0.1) is 0 Å². The second-order valence-corrected chi connectivity index (χ2v) is 5.75. The van der Waals surface area contributed by atoms with E-state index >= 15 is 0 Å². The summed E-state index contributed by atoms with van der Waals surface area (Å²) in [5.74, 6) is -0.0795. The van der Waals surface area contributed by atoms with E-state index in [-0.39, 0.29) is 27.0 Å². The largest absolute Gasteiger partial charge is 0.361 e. The fourth-order valence-electron chi connectivity index (χ4n) is 1.11. The Hall–Kier alpha value is -0.900. The van der Waals surface area contributed by atoms with Gasteiger partial charge in [0.25, 0.3) is 0 Å². The van der Waals surface area contributed by atoms with E-state index in [1.165, 1.54) is 9.64 Å². The van der Waals surface area contributed by atoms with Gasteiger partial charge in [0, 0.05) is 0 Å². The highest BCUT2D eigenvalue weighted by atomic mass is 127. The Morgan fingerprint density at radius 3 is 2.14 bits per heavy atom. The van der Waals surface area contributed by atoms with Crippen LogP contribution in [0.4, 0.5) is 4.39 Å². The van der Waals surface area contributed by atoms with E-state index in [2.05, 4.69) is 12.1 Å². The lowest BCUT2D eigenvalue weighted by Crippen LogP contribution is -3.61. The van der Waals surface area contributed by atoms with E-state index < -0.39 is 0 Å². The lowest BCUT2D eigenvalue weighted by Gasteiger charge is -1.87. The predicted octanol–water partition coefficient (Wildman–Crippen LogP) is -0.0459. The van der Waals surface area contributed by atoms with Gasteiger partial charge in [-0.1, -0.05) is 30.3 Å². The first-order chi connectivity index (χ1) is 6.86. The van der Waals surface area contributed by atoms with Crippen molar-refractivity contribution in [3.05, 3.63) is 67.6 Å². The zero-order chi connectivity index (χ0) is 9.80. The van der Waals surface area contributed by atoms with E-state index in [0.717, 1.165) is 3.57 Å². The Kier molecular flexibility index (Phi) is 3.14. The van der Waals surface area contributed by atoms with Crippen molar-refractivity contribution >= 4 is 0 Å². The first kappa shape index (κ1) is 9.65. The lowest BCUT2D eigenvalue weighted by molar-refractivity contribution is -0.600. The van der Waals surface area contributed by atoms with Crippen LogP contribution in [-0.4, -0.2) is 0 Å². The van der Waals surface area contributed by atoms with Gasteiger partial charge >= 0.3 is 21.2 Å². The predicted molar refractivity (Wildman–Crippen MR) is 50.2 cm³/mol. The van der Waals surface area contributed by atoms with Crippen LogP contribution in [0.2, 0.25) is 0 Å². The number of benzene rings is 2. The standard InChI is InChI=1S/C12H9FI/c13-11-8-4-5-9-12(11)14-10-6-2-1-3-7-10/h1-9H/q+1. The van der Waals surface area contributed by atoms with Crippen LogP contribution in [0.25, 0.3) is 0 Å². The third-order valence-corrected chi connectivity index (χ3v) is 4.57. The maximum atomic E-state index is 13.3. The normalized spacial score (nSPS) is 10.1. The Labute approximate surface area is 93.0 Å². The van der Waals surface area contributed by atoms with Crippen molar-refractivity contribution in [1.82, 2.24) is 0 Å². The third-order valence-electron chi connectivity index (χ3n) is 1.77. The quantitative estimate of drug-likeness (QED) is 0.683. The molecule has 2 heteroatoms. The smallest absolute Gasteiger partial charge is 0.202 e. The summed E-state index contributed by atoms with van der Waals surface area (Å²) in [5.41, 5.74) is 0. The van der Waals surface area contributed by atoms with E-state index in [0.29, 0.717) is 0 Å². The average Bonchev–Trinajstić information content (AvgIpc) is 2.23. The van der Waals surface area contributed by atoms with Crippen molar-refractivity contribution < 1.29 is 25.6 Å². The van der Waals surface area contributed by atoms with E-state index in [9.17, 15) is 4.39 Å².